The van der Waals surface area contributed by atoms with Gasteiger partial charge in [0.15, 0.2) is 0 Å². The van der Waals surface area contributed by atoms with E-state index in [2.05, 4.69) is 25.2 Å². The number of hydrogen-bond acceptors (Lipinski definition) is 6. The third-order valence-corrected chi connectivity index (χ3v) is 3.65. The topological polar surface area (TPSA) is 79.9 Å². The number of H-pyrrole nitrogens is 1. The number of ether oxygens (including phenoxy) is 1. The number of thiophene rings is 1. The maximum Gasteiger partial charge on any atom is 0.310 e. The number of aromatic nitrogens is 3. The van der Waals surface area contributed by atoms with Gasteiger partial charge >= 0.3 is 5.97 Å². The van der Waals surface area contributed by atoms with Crippen LogP contribution in [0.5, 0.6) is 0 Å². The Kier molecular flexibility index (Phi) is 5.05. The minimum Gasteiger partial charge on any atom is -0.469 e. The van der Waals surface area contributed by atoms with Crippen LogP contribution in [0.2, 0.25) is 0 Å². The summed E-state index contributed by atoms with van der Waals surface area (Å²) in [5, 5.41) is 9.94. The predicted octanol–water partition coefficient (Wildman–Crippen LogP) is 0.914. The van der Waals surface area contributed by atoms with Gasteiger partial charge in [0.05, 0.1) is 13.5 Å². The SMILES string of the molecule is COC(=O)Cc1ccc(CNCCc2ncn[nH]2)s1. The highest BCUT2D eigenvalue weighted by Crippen LogP contribution is 2.17. The summed E-state index contributed by atoms with van der Waals surface area (Å²) in [5.74, 6) is 0.678. The Morgan fingerprint density at radius 3 is 3.05 bits per heavy atom. The molecule has 0 bridgehead atoms. The van der Waals surface area contributed by atoms with Gasteiger partial charge in [0.25, 0.3) is 0 Å². The maximum atomic E-state index is 11.1. The molecular weight excluding hydrogens is 264 g/mol. The lowest BCUT2D eigenvalue weighted by molar-refractivity contribution is -0.139. The van der Waals surface area contributed by atoms with Crippen molar-refractivity contribution in [1.82, 2.24) is 20.5 Å². The Bertz CT molecular complexity index is 510. The highest BCUT2D eigenvalue weighted by Gasteiger charge is 2.06. The molecule has 0 saturated heterocycles. The van der Waals surface area contributed by atoms with E-state index in [1.807, 2.05) is 12.1 Å². The summed E-state index contributed by atoms with van der Waals surface area (Å²) in [6.45, 7) is 1.62. The van der Waals surface area contributed by atoms with E-state index in [0.717, 1.165) is 30.2 Å². The van der Waals surface area contributed by atoms with Crippen molar-refractivity contribution in [3.63, 3.8) is 0 Å². The van der Waals surface area contributed by atoms with Crippen LogP contribution in [0.1, 0.15) is 15.6 Å². The summed E-state index contributed by atoms with van der Waals surface area (Å²) in [7, 11) is 1.40. The Hall–Kier alpha value is -1.73. The molecule has 0 aliphatic carbocycles. The van der Waals surface area contributed by atoms with E-state index in [-0.39, 0.29) is 5.97 Å². The van der Waals surface area contributed by atoms with Crippen molar-refractivity contribution in [3.8, 4) is 0 Å². The van der Waals surface area contributed by atoms with Gasteiger partial charge in [-0.15, -0.1) is 11.3 Å². The van der Waals surface area contributed by atoms with Gasteiger partial charge in [-0.05, 0) is 12.1 Å². The molecule has 0 radical (unpaired) electrons. The second kappa shape index (κ2) is 7.01. The van der Waals surface area contributed by atoms with Crippen molar-refractivity contribution in [3.05, 3.63) is 34.0 Å². The van der Waals surface area contributed by atoms with Gasteiger partial charge in [-0.3, -0.25) is 9.89 Å². The van der Waals surface area contributed by atoms with Gasteiger partial charge in [-0.25, -0.2) is 4.98 Å². The van der Waals surface area contributed by atoms with Crippen LogP contribution in [-0.4, -0.2) is 34.8 Å². The number of nitrogens with zero attached hydrogens (tertiary/aromatic N) is 2. The van der Waals surface area contributed by atoms with Crippen LogP contribution in [-0.2, 0) is 28.9 Å². The first-order chi connectivity index (χ1) is 9.28. The van der Waals surface area contributed by atoms with Crippen molar-refractivity contribution in [2.75, 3.05) is 13.7 Å². The molecule has 0 amide bonds. The van der Waals surface area contributed by atoms with Gasteiger partial charge in [-0.1, -0.05) is 0 Å². The lowest BCUT2D eigenvalue weighted by atomic mass is 10.3. The van der Waals surface area contributed by atoms with Crippen molar-refractivity contribution in [2.45, 2.75) is 19.4 Å². The molecular formula is C12H16N4O2S. The third-order valence-electron chi connectivity index (χ3n) is 2.57. The van der Waals surface area contributed by atoms with Crippen molar-refractivity contribution in [2.24, 2.45) is 0 Å². The van der Waals surface area contributed by atoms with Gasteiger partial charge < -0.3 is 10.1 Å². The zero-order valence-corrected chi connectivity index (χ0v) is 11.5. The van der Waals surface area contributed by atoms with E-state index >= 15 is 0 Å². The molecule has 2 rings (SSSR count). The molecule has 0 unspecified atom stereocenters. The Labute approximate surface area is 115 Å². The molecule has 6 nitrogen and oxygen atoms in total. The van der Waals surface area contributed by atoms with Gasteiger partial charge in [-0.2, -0.15) is 5.10 Å². The van der Waals surface area contributed by atoms with Gasteiger partial charge in [0.2, 0.25) is 0 Å². The normalized spacial score (nSPS) is 10.6. The fourth-order valence-electron chi connectivity index (χ4n) is 1.60. The standard InChI is InChI=1S/C12H16N4O2S/c1-18-12(17)6-9-2-3-10(19-9)7-13-5-4-11-14-8-15-16-11/h2-3,8,13H,4-7H2,1H3,(H,14,15,16). The minimum absolute atomic E-state index is 0.202. The third kappa shape index (κ3) is 4.46. The van der Waals surface area contributed by atoms with Crippen LogP contribution in [0.4, 0.5) is 0 Å². The van der Waals surface area contributed by atoms with Crippen LogP contribution in [0.15, 0.2) is 18.5 Å². The van der Waals surface area contributed by atoms with Crippen molar-refractivity contribution < 1.29 is 9.53 Å². The average molecular weight is 280 g/mol. The molecule has 7 heteroatoms. The van der Waals surface area contributed by atoms with Crippen LogP contribution < -0.4 is 5.32 Å². The summed E-state index contributed by atoms with van der Waals surface area (Å²) < 4.78 is 4.64. The fourth-order valence-corrected chi connectivity index (χ4v) is 2.57. The molecule has 2 aromatic heterocycles. The summed E-state index contributed by atoms with van der Waals surface area (Å²) in [6, 6.07) is 4.00. The monoisotopic (exact) mass is 280 g/mol. The van der Waals surface area contributed by atoms with Gasteiger partial charge in [0, 0.05) is 29.3 Å². The summed E-state index contributed by atoms with van der Waals surface area (Å²) in [4.78, 5) is 17.4. The molecule has 0 fully saturated rings. The zero-order chi connectivity index (χ0) is 13.5. The number of aromatic amines is 1. The number of carbonyl (C=O) groups is 1. The predicted molar refractivity (Wildman–Crippen MR) is 71.8 cm³/mol. The van der Waals surface area contributed by atoms with E-state index < -0.39 is 0 Å². The summed E-state index contributed by atoms with van der Waals surface area (Å²) >= 11 is 1.63. The molecule has 0 saturated carbocycles. The Balaban J connectivity index is 1.70. The number of carbonyl (C=O) groups excluding carboxylic acids is 1. The van der Waals surface area contributed by atoms with E-state index in [1.165, 1.54) is 18.3 Å². The summed E-state index contributed by atoms with van der Waals surface area (Å²) in [6.07, 6.45) is 2.67. The molecule has 2 N–H and O–H groups in total. The molecule has 0 aromatic carbocycles. The zero-order valence-electron chi connectivity index (χ0n) is 10.7. The molecule has 2 heterocycles. The lowest BCUT2D eigenvalue weighted by Crippen LogP contribution is -2.16. The second-order valence-corrected chi connectivity index (χ2v) is 5.23. The second-order valence-electron chi connectivity index (χ2n) is 3.98. The number of nitrogens with one attached hydrogen (secondary N) is 2. The molecule has 0 aliphatic rings. The molecule has 2 aromatic rings. The first kappa shape index (κ1) is 13.7. The number of hydrogen-bond donors (Lipinski definition) is 2. The highest BCUT2D eigenvalue weighted by molar-refractivity contribution is 7.12. The molecule has 0 spiro atoms. The number of methoxy groups -OCH3 is 1. The quantitative estimate of drug-likeness (QED) is 0.582. The smallest absolute Gasteiger partial charge is 0.310 e. The molecule has 19 heavy (non-hydrogen) atoms. The lowest BCUT2D eigenvalue weighted by Gasteiger charge is -2.00. The first-order valence-corrected chi connectivity index (χ1v) is 6.79. The van der Waals surface area contributed by atoms with Gasteiger partial charge in [0.1, 0.15) is 12.2 Å². The Morgan fingerprint density at radius 1 is 1.47 bits per heavy atom. The van der Waals surface area contributed by atoms with E-state index in [4.69, 9.17) is 0 Å². The van der Waals surface area contributed by atoms with Crippen LogP contribution >= 0.6 is 11.3 Å². The minimum atomic E-state index is -0.202. The van der Waals surface area contributed by atoms with E-state index in [9.17, 15) is 4.79 Å². The molecule has 0 atom stereocenters. The molecule has 102 valence electrons. The Morgan fingerprint density at radius 2 is 2.32 bits per heavy atom. The largest absolute Gasteiger partial charge is 0.469 e. The summed E-state index contributed by atoms with van der Waals surface area (Å²) in [5.41, 5.74) is 0. The van der Waals surface area contributed by atoms with E-state index in [0.29, 0.717) is 6.42 Å². The highest BCUT2D eigenvalue weighted by atomic mass is 32.1. The van der Waals surface area contributed by atoms with E-state index in [1.54, 1.807) is 11.3 Å². The first-order valence-electron chi connectivity index (χ1n) is 5.97. The number of esters is 1. The van der Waals surface area contributed by atoms with Crippen molar-refractivity contribution in [1.29, 1.82) is 0 Å². The van der Waals surface area contributed by atoms with Crippen LogP contribution in [0.3, 0.4) is 0 Å². The average Bonchev–Trinajstić information content (AvgIpc) is 3.06. The fraction of sp³-hybridized carbons (Fsp3) is 0.417. The van der Waals surface area contributed by atoms with Crippen molar-refractivity contribution >= 4 is 17.3 Å². The van der Waals surface area contributed by atoms with Crippen LogP contribution in [0, 0.1) is 0 Å². The molecule has 0 aliphatic heterocycles. The van der Waals surface area contributed by atoms with Crippen LogP contribution in [0.25, 0.3) is 0 Å². The number of rotatable bonds is 7. The maximum absolute atomic E-state index is 11.1.